The van der Waals surface area contributed by atoms with Crippen LogP contribution in [0.1, 0.15) is 18.2 Å². The molecular formula is C24H19FN2O4S. The Bertz CT molecular complexity index is 1200. The second-order valence-electron chi connectivity index (χ2n) is 7.08. The van der Waals surface area contributed by atoms with E-state index in [0.717, 1.165) is 28.6 Å². The molecule has 2 aromatic carbocycles. The first kappa shape index (κ1) is 21.6. The number of nitrogens with one attached hydrogen (secondary N) is 1. The van der Waals surface area contributed by atoms with E-state index in [1.807, 2.05) is 19.1 Å². The van der Waals surface area contributed by atoms with Gasteiger partial charge in [0, 0.05) is 17.3 Å². The predicted molar refractivity (Wildman–Crippen MR) is 121 cm³/mol. The molecule has 32 heavy (non-hydrogen) atoms. The molecule has 3 amide bonds. The molecule has 0 saturated carbocycles. The van der Waals surface area contributed by atoms with Crippen LogP contribution < -0.4 is 5.32 Å². The van der Waals surface area contributed by atoms with Crippen LogP contribution >= 0.6 is 11.8 Å². The van der Waals surface area contributed by atoms with Crippen molar-refractivity contribution in [3.63, 3.8) is 0 Å². The lowest BCUT2D eigenvalue weighted by atomic mass is 10.1. The summed E-state index contributed by atoms with van der Waals surface area (Å²) in [5, 5.41) is 2.17. The summed E-state index contributed by atoms with van der Waals surface area (Å²) in [6.07, 6.45) is 2.34. The lowest BCUT2D eigenvalue weighted by Crippen LogP contribution is -2.36. The van der Waals surface area contributed by atoms with Gasteiger partial charge < -0.3 is 9.73 Å². The van der Waals surface area contributed by atoms with Crippen molar-refractivity contribution in [3.8, 4) is 11.3 Å². The molecule has 1 aliphatic heterocycles. The Morgan fingerprint density at radius 1 is 1.06 bits per heavy atom. The summed E-state index contributed by atoms with van der Waals surface area (Å²) < 4.78 is 18.8. The average Bonchev–Trinajstić information content (AvgIpc) is 3.35. The Balaban J connectivity index is 1.42. The van der Waals surface area contributed by atoms with Crippen LogP contribution in [-0.4, -0.2) is 28.5 Å². The highest BCUT2D eigenvalue weighted by molar-refractivity contribution is 8.18. The summed E-state index contributed by atoms with van der Waals surface area (Å²) >= 11 is 0.746. The topological polar surface area (TPSA) is 79.6 Å². The van der Waals surface area contributed by atoms with Crippen molar-refractivity contribution in [3.05, 3.63) is 82.7 Å². The van der Waals surface area contributed by atoms with E-state index in [9.17, 15) is 18.8 Å². The fraction of sp³-hybridized carbons (Fsp3) is 0.125. The molecule has 0 atom stereocenters. The first-order valence-electron chi connectivity index (χ1n) is 9.93. The third-order valence-corrected chi connectivity index (χ3v) is 5.76. The molecular weight excluding hydrogens is 431 g/mol. The number of amides is 3. The van der Waals surface area contributed by atoms with Gasteiger partial charge in [-0.05, 0) is 72.3 Å². The molecule has 0 radical (unpaired) electrons. The summed E-state index contributed by atoms with van der Waals surface area (Å²) in [5.41, 5.74) is 2.42. The van der Waals surface area contributed by atoms with E-state index in [1.54, 1.807) is 36.4 Å². The van der Waals surface area contributed by atoms with Gasteiger partial charge in [-0.25, -0.2) is 4.39 Å². The van der Waals surface area contributed by atoms with Crippen LogP contribution in [0.2, 0.25) is 0 Å². The second kappa shape index (κ2) is 9.23. The van der Waals surface area contributed by atoms with Gasteiger partial charge in [-0.3, -0.25) is 19.3 Å². The molecule has 2 heterocycles. The number of thioether (sulfide) groups is 1. The van der Waals surface area contributed by atoms with Gasteiger partial charge in [0.25, 0.3) is 11.1 Å². The van der Waals surface area contributed by atoms with Gasteiger partial charge in [-0.1, -0.05) is 19.1 Å². The summed E-state index contributed by atoms with van der Waals surface area (Å²) in [6, 6.07) is 16.5. The van der Waals surface area contributed by atoms with Crippen molar-refractivity contribution in [2.45, 2.75) is 13.3 Å². The SMILES string of the molecule is CCc1ccc(NC(=O)CN2C(=O)S/C(=C\c3ccc(-c4ccc(F)cc4)o3)C2=O)cc1. The predicted octanol–water partition coefficient (Wildman–Crippen LogP) is 5.32. The number of furan rings is 1. The number of halogens is 1. The number of rotatable bonds is 6. The molecule has 162 valence electrons. The quantitative estimate of drug-likeness (QED) is 0.514. The minimum Gasteiger partial charge on any atom is -0.457 e. The Kier molecular flexibility index (Phi) is 6.23. The number of imide groups is 1. The van der Waals surface area contributed by atoms with Crippen LogP contribution in [0.5, 0.6) is 0 Å². The fourth-order valence-electron chi connectivity index (χ4n) is 3.13. The van der Waals surface area contributed by atoms with Crippen molar-refractivity contribution in [1.29, 1.82) is 0 Å². The zero-order valence-corrected chi connectivity index (χ0v) is 17.9. The molecule has 3 aromatic rings. The fourth-order valence-corrected chi connectivity index (χ4v) is 3.95. The summed E-state index contributed by atoms with van der Waals surface area (Å²) in [5.74, 6) is -0.499. The van der Waals surface area contributed by atoms with Crippen LogP contribution in [0.25, 0.3) is 17.4 Å². The third kappa shape index (κ3) is 4.81. The standard InChI is InChI=1S/C24H19FN2O4S/c1-2-15-3-9-18(10-4-15)26-22(28)14-27-23(29)21(32-24(27)30)13-19-11-12-20(31-19)16-5-7-17(25)8-6-16/h3-13H,2,14H2,1H3,(H,26,28)/b21-13-. The molecule has 6 nitrogen and oxygen atoms in total. The van der Waals surface area contributed by atoms with Gasteiger partial charge in [-0.15, -0.1) is 0 Å². The van der Waals surface area contributed by atoms with Crippen molar-refractivity contribution in [2.75, 3.05) is 11.9 Å². The lowest BCUT2D eigenvalue weighted by Gasteiger charge is -2.12. The number of hydrogen-bond acceptors (Lipinski definition) is 5. The molecule has 0 unspecified atom stereocenters. The highest BCUT2D eigenvalue weighted by atomic mass is 32.2. The highest BCUT2D eigenvalue weighted by Gasteiger charge is 2.36. The number of aryl methyl sites for hydroxylation is 1. The Hall–Kier alpha value is -3.65. The summed E-state index contributed by atoms with van der Waals surface area (Å²) in [7, 11) is 0. The van der Waals surface area contributed by atoms with Crippen LogP contribution in [0.15, 0.2) is 70.0 Å². The smallest absolute Gasteiger partial charge is 0.294 e. The highest BCUT2D eigenvalue weighted by Crippen LogP contribution is 2.33. The number of benzene rings is 2. The Morgan fingerprint density at radius 2 is 1.78 bits per heavy atom. The number of carbonyl (C=O) groups excluding carboxylic acids is 3. The van der Waals surface area contributed by atoms with E-state index < -0.39 is 17.1 Å². The molecule has 4 rings (SSSR count). The molecule has 8 heteroatoms. The molecule has 1 saturated heterocycles. The molecule has 1 N–H and O–H groups in total. The van der Waals surface area contributed by atoms with E-state index in [4.69, 9.17) is 4.42 Å². The monoisotopic (exact) mass is 450 g/mol. The summed E-state index contributed by atoms with van der Waals surface area (Å²) in [4.78, 5) is 38.3. The van der Waals surface area contributed by atoms with Crippen LogP contribution in [0.3, 0.4) is 0 Å². The van der Waals surface area contributed by atoms with E-state index in [0.29, 0.717) is 22.8 Å². The molecule has 1 aromatic heterocycles. The van der Waals surface area contributed by atoms with Crippen LogP contribution in [-0.2, 0) is 16.0 Å². The third-order valence-electron chi connectivity index (χ3n) is 4.85. The number of carbonyl (C=O) groups is 3. The van der Waals surface area contributed by atoms with Crippen LogP contribution in [0.4, 0.5) is 14.9 Å². The Labute approximate surface area is 188 Å². The maximum absolute atomic E-state index is 13.1. The average molecular weight is 450 g/mol. The number of nitrogens with zero attached hydrogens (tertiary/aromatic N) is 1. The van der Waals surface area contributed by atoms with E-state index in [2.05, 4.69) is 5.32 Å². The normalized spacial score (nSPS) is 14.9. The molecule has 0 aliphatic carbocycles. The maximum atomic E-state index is 13.1. The van der Waals surface area contributed by atoms with Crippen LogP contribution in [0, 0.1) is 5.82 Å². The van der Waals surface area contributed by atoms with Gasteiger partial charge >= 0.3 is 0 Å². The second-order valence-corrected chi connectivity index (χ2v) is 8.07. The molecule has 1 aliphatic rings. The summed E-state index contributed by atoms with van der Waals surface area (Å²) in [6.45, 7) is 1.66. The van der Waals surface area contributed by atoms with Gasteiger partial charge in [0.2, 0.25) is 5.91 Å². The molecule has 1 fully saturated rings. The zero-order chi connectivity index (χ0) is 22.7. The zero-order valence-electron chi connectivity index (χ0n) is 17.1. The van der Waals surface area contributed by atoms with Crippen molar-refractivity contribution in [2.24, 2.45) is 0 Å². The minimum absolute atomic E-state index is 0.162. The largest absolute Gasteiger partial charge is 0.457 e. The molecule has 0 bridgehead atoms. The van der Waals surface area contributed by atoms with Gasteiger partial charge in [0.15, 0.2) is 0 Å². The van der Waals surface area contributed by atoms with Crippen molar-refractivity contribution in [1.82, 2.24) is 4.90 Å². The van der Waals surface area contributed by atoms with Gasteiger partial charge in [0.1, 0.15) is 23.9 Å². The number of hydrogen-bond donors (Lipinski definition) is 1. The first-order valence-corrected chi connectivity index (χ1v) is 10.7. The lowest BCUT2D eigenvalue weighted by molar-refractivity contribution is -0.127. The van der Waals surface area contributed by atoms with Gasteiger partial charge in [0.05, 0.1) is 4.91 Å². The molecule has 0 spiro atoms. The van der Waals surface area contributed by atoms with Gasteiger partial charge in [-0.2, -0.15) is 0 Å². The van der Waals surface area contributed by atoms with E-state index >= 15 is 0 Å². The first-order chi connectivity index (χ1) is 15.4. The Morgan fingerprint density at radius 3 is 2.47 bits per heavy atom. The minimum atomic E-state index is -0.559. The van der Waals surface area contributed by atoms with Crippen molar-refractivity contribution < 1.29 is 23.2 Å². The maximum Gasteiger partial charge on any atom is 0.294 e. The number of anilines is 1. The van der Waals surface area contributed by atoms with Crippen molar-refractivity contribution >= 4 is 40.6 Å². The van der Waals surface area contributed by atoms with E-state index in [1.165, 1.54) is 18.2 Å². The van der Waals surface area contributed by atoms with E-state index in [-0.39, 0.29) is 17.3 Å².